The minimum Gasteiger partial charge on any atom is -0.335 e. The van der Waals surface area contributed by atoms with Crippen molar-refractivity contribution in [2.75, 3.05) is 27.2 Å². The fourth-order valence-electron chi connectivity index (χ4n) is 6.46. The first-order valence-corrected chi connectivity index (χ1v) is 17.9. The molecular formula is C34H51F42N3O2. The summed E-state index contributed by atoms with van der Waals surface area (Å²) >= 11 is 0. The highest BCUT2D eigenvalue weighted by Gasteiger charge is 2.45. The molecule has 2 heterocycles. The molecule has 2 aromatic rings. The molecule has 0 saturated carbocycles. The zero-order valence-electron chi connectivity index (χ0n) is 41.5. The van der Waals surface area contributed by atoms with Gasteiger partial charge in [-0.25, -0.2) is 0 Å². The monoisotopic (exact) mass is 1330 g/mol. The average Bonchev–Trinajstić information content (AvgIpc) is 4.15. The summed E-state index contributed by atoms with van der Waals surface area (Å²) in [5.74, 6) is 2.82. The minimum atomic E-state index is 0.0150. The van der Waals surface area contributed by atoms with Gasteiger partial charge in [-0.3, -0.25) is 14.5 Å². The normalized spacial score (nSPS) is 13.6. The first-order valence-electron chi connectivity index (χ1n) is 17.9. The molecule has 0 aromatic heterocycles. The van der Waals surface area contributed by atoms with E-state index in [-0.39, 0.29) is 30.0 Å². The third kappa shape index (κ3) is 74.4. The van der Waals surface area contributed by atoms with E-state index in [1.165, 1.54) is 11.1 Å². The summed E-state index contributed by atoms with van der Waals surface area (Å²) in [5.41, 5.74) is 2.44. The largest absolute Gasteiger partial charge is 0.335 e. The van der Waals surface area contributed by atoms with E-state index >= 15 is 0 Å². The van der Waals surface area contributed by atoms with Gasteiger partial charge in [-0.05, 0) is 63.2 Å². The van der Waals surface area contributed by atoms with Crippen LogP contribution in [0.2, 0.25) is 0 Å². The predicted octanol–water partition coefficient (Wildman–Crippen LogP) is 24.3. The van der Waals surface area contributed by atoms with Crippen LogP contribution in [-0.4, -0.2) is 59.7 Å². The molecule has 2 aliphatic rings. The van der Waals surface area contributed by atoms with Gasteiger partial charge in [-0.2, -0.15) is 0 Å². The minimum absolute atomic E-state index is 0.0150. The van der Waals surface area contributed by atoms with Crippen molar-refractivity contribution >= 4 is 11.8 Å². The van der Waals surface area contributed by atoms with Gasteiger partial charge in [0.15, 0.2) is 0 Å². The molecule has 0 spiro atoms. The van der Waals surface area contributed by atoms with Gasteiger partial charge in [0, 0.05) is 217 Å². The second-order valence-corrected chi connectivity index (χ2v) is 12.4. The molecule has 0 radical (unpaired) electrons. The lowest BCUT2D eigenvalue weighted by Gasteiger charge is -2.26. The van der Waals surface area contributed by atoms with Gasteiger partial charge in [-0.15, -0.1) is 0 Å². The van der Waals surface area contributed by atoms with Crippen molar-refractivity contribution in [2.45, 2.75) is 73.0 Å². The zero-order chi connectivity index (χ0) is 70.9. The summed E-state index contributed by atoms with van der Waals surface area (Å²) in [4.78, 5) is 31.6. The Hall–Kier alpha value is -5.60. The number of benzene rings is 2. The van der Waals surface area contributed by atoms with E-state index in [0.717, 1.165) is 19.5 Å². The summed E-state index contributed by atoms with van der Waals surface area (Å²) in [5, 5.41) is 0. The fourth-order valence-corrected chi connectivity index (χ4v) is 6.46. The summed E-state index contributed by atoms with van der Waals surface area (Å²) in [6.07, 6.45) is 0.958. The molecule has 2 aromatic carbocycles. The van der Waals surface area contributed by atoms with E-state index in [4.69, 9.17) is 192 Å². The first kappa shape index (κ1) is 131. The van der Waals surface area contributed by atoms with Crippen molar-refractivity contribution < 1.29 is 202 Å². The Morgan fingerprint density at radius 3 is 0.716 bits per heavy atom. The highest BCUT2D eigenvalue weighted by atomic mass is 20.0. The number of amides is 2. The first-order chi connectivity index (χ1) is 39.5. The van der Waals surface area contributed by atoms with E-state index in [1.807, 2.05) is 55.4 Å². The van der Waals surface area contributed by atoms with Gasteiger partial charge < -0.3 is 9.80 Å². The molecule has 47 heteroatoms. The number of carbonyl (C=O) groups excluding carboxylic acids is 2. The van der Waals surface area contributed by atoms with E-state index in [9.17, 15) is 9.59 Å². The Balaban J connectivity index is -0.0000000340. The van der Waals surface area contributed by atoms with Crippen molar-refractivity contribution in [2.24, 2.45) is 29.6 Å². The summed E-state index contributed by atoms with van der Waals surface area (Å²) < 4.78 is 336. The van der Waals surface area contributed by atoms with Crippen LogP contribution in [0.4, 0.5) is 192 Å². The van der Waals surface area contributed by atoms with E-state index in [1.54, 1.807) is 0 Å². The smallest absolute Gasteiger partial charge is 0.240 e. The summed E-state index contributed by atoms with van der Waals surface area (Å²) in [6.45, 7) is 17.1. The van der Waals surface area contributed by atoms with Gasteiger partial charge in [0.1, 0.15) is 0 Å². The summed E-state index contributed by atoms with van der Waals surface area (Å²) in [6, 6.07) is 21.0. The van der Waals surface area contributed by atoms with Crippen molar-refractivity contribution in [1.29, 1.82) is 0 Å². The zero-order valence-corrected chi connectivity index (χ0v) is 41.5. The fraction of sp³-hybridized carbons (Fsp3) is 0.588. The molecule has 5 nitrogen and oxygen atoms in total. The standard InChI is InChI=1S/C17H26N2O.C17H25NO.21F2/c1-12(2)15-11-19(17(20)16(15)18(4)5)13(3)14-9-7-6-8-10-14;1-5-15-16(12(2)3)11-18(17(15)19)13(4)14-9-7-6-8-10-14;21*1-2/h6-10,12-13,15-16H,11H2,1-5H3;6-10,12-13,15-16H,5,11H2,1-4H3;;;;;;;;;;;;;;;;;;;;;/t13-,15-,16+;13-,15+,16-;;;;;;;;;;;;;;;;;;;;;/m11...................../s1. The Labute approximate surface area is 430 Å². The molecular weight excluding hydrogens is 1280 g/mol. The highest BCUT2D eigenvalue weighted by Crippen LogP contribution is 2.37. The van der Waals surface area contributed by atoms with Gasteiger partial charge in [0.2, 0.25) is 11.8 Å². The van der Waals surface area contributed by atoms with Crippen LogP contribution >= 0.6 is 0 Å². The number of carbonyl (C=O) groups is 2. The third-order valence-electron chi connectivity index (χ3n) is 9.08. The quantitative estimate of drug-likeness (QED) is 0.247. The topological polar surface area (TPSA) is 43.9 Å². The number of halogens is 42. The maximum Gasteiger partial charge on any atom is 0.240 e. The molecule has 2 saturated heterocycles. The lowest BCUT2D eigenvalue weighted by molar-refractivity contribution is -0.134. The van der Waals surface area contributed by atoms with Gasteiger partial charge in [-0.1, -0.05) is 95.3 Å². The van der Waals surface area contributed by atoms with Crippen molar-refractivity contribution in [1.82, 2.24) is 14.7 Å². The van der Waals surface area contributed by atoms with E-state index in [2.05, 4.69) is 82.5 Å². The van der Waals surface area contributed by atoms with Crippen molar-refractivity contribution in [3.63, 3.8) is 0 Å². The van der Waals surface area contributed by atoms with Crippen LogP contribution in [-0.2, 0) is 9.59 Å². The maximum atomic E-state index is 12.8. The molecule has 81 heavy (non-hydrogen) atoms. The lowest BCUT2D eigenvalue weighted by Crippen LogP contribution is -2.41. The Morgan fingerprint density at radius 2 is 0.556 bits per heavy atom. The number of nitrogens with zero attached hydrogens (tertiary/aromatic N) is 3. The van der Waals surface area contributed by atoms with Crippen LogP contribution in [0.1, 0.15) is 78.1 Å². The molecule has 6 atom stereocenters. The number of rotatable bonds is 8. The molecule has 0 N–H and O–H groups in total. The number of likely N-dealkylation sites (tertiary alicyclic amines) is 2. The second-order valence-electron chi connectivity index (χ2n) is 12.4. The number of hydrogen-bond donors (Lipinski definition) is 0. The Bertz CT molecular complexity index is 1130. The molecule has 508 valence electrons. The van der Waals surface area contributed by atoms with Crippen molar-refractivity contribution in [3.8, 4) is 0 Å². The maximum absolute atomic E-state index is 12.8. The van der Waals surface area contributed by atoms with Crippen LogP contribution in [0.5, 0.6) is 0 Å². The molecule has 2 aliphatic heterocycles. The van der Waals surface area contributed by atoms with Crippen LogP contribution in [0, 0.1) is 29.6 Å². The van der Waals surface area contributed by atoms with Gasteiger partial charge >= 0.3 is 0 Å². The van der Waals surface area contributed by atoms with E-state index in [0.29, 0.717) is 29.6 Å². The van der Waals surface area contributed by atoms with Crippen LogP contribution in [0.3, 0.4) is 0 Å². The second kappa shape index (κ2) is 146. The number of likely N-dealkylation sites (N-methyl/N-ethyl adjacent to an activating group) is 1. The summed E-state index contributed by atoms with van der Waals surface area (Å²) in [7, 11) is 4.02. The highest BCUT2D eigenvalue weighted by molar-refractivity contribution is 5.85. The predicted molar refractivity (Wildman–Crippen MR) is 208 cm³/mol. The molecule has 0 unspecified atom stereocenters. The van der Waals surface area contributed by atoms with E-state index < -0.39 is 0 Å². The average molecular weight is 1330 g/mol. The third-order valence-corrected chi connectivity index (χ3v) is 9.08. The van der Waals surface area contributed by atoms with Crippen molar-refractivity contribution in [3.05, 3.63) is 71.8 Å². The Morgan fingerprint density at radius 1 is 0.358 bits per heavy atom. The van der Waals surface area contributed by atoms with Gasteiger partial charge in [0.05, 0.1) is 18.1 Å². The molecule has 2 amide bonds. The molecule has 4 rings (SSSR count). The number of hydrogen-bond acceptors (Lipinski definition) is 3. The SMILES string of the molecule is CC(C)[C@H]1CN([C@H](C)c2ccccc2)C(=O)[C@H]1N(C)C.CC[C@@H]1C(=O)N([C@H](C)c2ccccc2)C[C@@H]1C(C)C.FF.FF.FF.FF.FF.FF.FF.FF.FF.FF.FF.FF.FF.FF.FF.FF.FF.FF.FF.FF.FF. The van der Waals surface area contributed by atoms with Crippen LogP contribution < -0.4 is 0 Å². The van der Waals surface area contributed by atoms with Crippen LogP contribution in [0.25, 0.3) is 0 Å². The molecule has 2 fully saturated rings. The lowest BCUT2D eigenvalue weighted by atomic mass is 9.84. The molecule has 0 aliphatic carbocycles. The van der Waals surface area contributed by atoms with Crippen LogP contribution in [0.15, 0.2) is 60.7 Å². The van der Waals surface area contributed by atoms with Gasteiger partial charge in [0.25, 0.3) is 0 Å². The Kier molecular flexibility index (Phi) is 236. The molecule has 0 bridgehead atoms.